The molecule has 0 amide bonds. The van der Waals surface area contributed by atoms with Gasteiger partial charge in [0.2, 0.25) is 0 Å². The molecule has 0 heterocycles. The van der Waals surface area contributed by atoms with Gasteiger partial charge in [0.15, 0.2) is 0 Å². The molecule has 1 atom stereocenters. The average molecular weight is 190 g/mol. The van der Waals surface area contributed by atoms with E-state index >= 15 is 0 Å². The van der Waals surface area contributed by atoms with Gasteiger partial charge in [0.25, 0.3) is 0 Å². The van der Waals surface area contributed by atoms with Crippen LogP contribution in [0, 0.1) is 6.92 Å². The Morgan fingerprint density at radius 1 is 1.36 bits per heavy atom. The van der Waals surface area contributed by atoms with E-state index < -0.39 is 0 Å². The summed E-state index contributed by atoms with van der Waals surface area (Å²) in [7, 11) is 0. The van der Waals surface area contributed by atoms with Crippen molar-refractivity contribution in [1.82, 2.24) is 0 Å². The third kappa shape index (κ3) is 1.56. The molecule has 0 aliphatic heterocycles. The first kappa shape index (κ1) is 9.69. The predicted octanol–water partition coefficient (Wildman–Crippen LogP) is 1.44. The van der Waals surface area contributed by atoms with Gasteiger partial charge >= 0.3 is 0 Å². The molecule has 2 rings (SSSR count). The lowest BCUT2D eigenvalue weighted by molar-refractivity contribution is 0.726. The summed E-state index contributed by atoms with van der Waals surface area (Å²) < 4.78 is 0. The van der Waals surface area contributed by atoms with Gasteiger partial charge in [-0.3, -0.25) is 0 Å². The smallest absolute Gasteiger partial charge is 0.0422 e. The van der Waals surface area contributed by atoms with Crippen LogP contribution in [0.25, 0.3) is 0 Å². The topological polar surface area (TPSA) is 52.0 Å². The van der Waals surface area contributed by atoms with Crippen molar-refractivity contribution in [1.29, 1.82) is 0 Å². The highest BCUT2D eigenvalue weighted by molar-refractivity contribution is 5.43. The van der Waals surface area contributed by atoms with E-state index in [0.29, 0.717) is 6.54 Å². The Morgan fingerprint density at radius 2 is 2.14 bits per heavy atom. The van der Waals surface area contributed by atoms with Gasteiger partial charge in [0, 0.05) is 12.6 Å². The molecule has 2 nitrogen and oxygen atoms in total. The summed E-state index contributed by atoms with van der Waals surface area (Å²) in [5, 5.41) is 0. The zero-order valence-electron chi connectivity index (χ0n) is 8.72. The summed E-state index contributed by atoms with van der Waals surface area (Å²) in [6, 6.07) is 4.50. The molecule has 0 bridgehead atoms. The fourth-order valence-electron chi connectivity index (χ4n) is 2.36. The molecule has 1 aliphatic carbocycles. The quantitative estimate of drug-likeness (QED) is 0.741. The van der Waals surface area contributed by atoms with Crippen molar-refractivity contribution < 1.29 is 0 Å². The minimum absolute atomic E-state index is 0.0155. The second-order valence-corrected chi connectivity index (χ2v) is 4.19. The Hall–Kier alpha value is -0.860. The van der Waals surface area contributed by atoms with E-state index in [2.05, 4.69) is 19.1 Å². The third-order valence-corrected chi connectivity index (χ3v) is 3.05. The first-order valence-corrected chi connectivity index (χ1v) is 5.30. The fourth-order valence-corrected chi connectivity index (χ4v) is 2.36. The molecule has 2 heteroatoms. The molecule has 0 saturated heterocycles. The summed E-state index contributed by atoms with van der Waals surface area (Å²) >= 11 is 0. The largest absolute Gasteiger partial charge is 0.329 e. The molecule has 1 aromatic carbocycles. The first-order chi connectivity index (χ1) is 6.72. The second kappa shape index (κ2) is 3.71. The van der Waals surface area contributed by atoms with Gasteiger partial charge in [0.1, 0.15) is 0 Å². The Balaban J connectivity index is 2.48. The van der Waals surface area contributed by atoms with Crippen molar-refractivity contribution in [3.05, 3.63) is 34.4 Å². The summed E-state index contributed by atoms with van der Waals surface area (Å²) in [6.07, 6.45) is 3.66. The molecule has 1 aliphatic rings. The van der Waals surface area contributed by atoms with Crippen LogP contribution in [0.3, 0.4) is 0 Å². The van der Waals surface area contributed by atoms with Crippen LogP contribution in [-0.4, -0.2) is 6.54 Å². The molecule has 1 unspecified atom stereocenters. The number of rotatable bonds is 2. The molecule has 14 heavy (non-hydrogen) atoms. The van der Waals surface area contributed by atoms with Crippen LogP contribution in [0.5, 0.6) is 0 Å². The number of aryl methyl sites for hydroxylation is 2. The van der Waals surface area contributed by atoms with Gasteiger partial charge < -0.3 is 11.5 Å². The van der Waals surface area contributed by atoms with Gasteiger partial charge in [-0.05, 0) is 42.9 Å². The number of benzene rings is 1. The summed E-state index contributed by atoms with van der Waals surface area (Å²) in [6.45, 7) is 2.67. The maximum atomic E-state index is 6.01. The molecule has 0 fully saturated rings. The molecule has 0 radical (unpaired) electrons. The maximum Gasteiger partial charge on any atom is 0.0422 e. The molecule has 4 N–H and O–H groups in total. The molecule has 76 valence electrons. The standard InChI is InChI=1S/C12H18N2/c1-8-5-9-3-2-4-10(9)11(6-8)12(14)7-13/h5-6,12H,2-4,7,13-14H2,1H3. The van der Waals surface area contributed by atoms with Gasteiger partial charge in [-0.15, -0.1) is 0 Å². The van der Waals surface area contributed by atoms with Gasteiger partial charge in [-0.2, -0.15) is 0 Å². The van der Waals surface area contributed by atoms with E-state index in [1.807, 2.05) is 0 Å². The van der Waals surface area contributed by atoms with E-state index in [1.165, 1.54) is 41.5 Å². The summed E-state index contributed by atoms with van der Waals surface area (Å²) in [5.41, 5.74) is 17.2. The maximum absolute atomic E-state index is 6.01. The summed E-state index contributed by atoms with van der Waals surface area (Å²) in [4.78, 5) is 0. The lowest BCUT2D eigenvalue weighted by Crippen LogP contribution is -2.22. The van der Waals surface area contributed by atoms with E-state index in [0.717, 1.165) is 0 Å². The lowest BCUT2D eigenvalue weighted by Gasteiger charge is -2.15. The Labute approximate surface area is 85.3 Å². The van der Waals surface area contributed by atoms with Gasteiger partial charge in [-0.25, -0.2) is 0 Å². The second-order valence-electron chi connectivity index (χ2n) is 4.19. The minimum atomic E-state index is 0.0155. The Kier molecular flexibility index (Phi) is 2.57. The third-order valence-electron chi connectivity index (χ3n) is 3.05. The highest BCUT2D eigenvalue weighted by Crippen LogP contribution is 2.29. The highest BCUT2D eigenvalue weighted by Gasteiger charge is 2.18. The van der Waals surface area contributed by atoms with E-state index in [4.69, 9.17) is 11.5 Å². The van der Waals surface area contributed by atoms with Crippen molar-refractivity contribution in [3.8, 4) is 0 Å². The normalized spacial score (nSPS) is 16.8. The van der Waals surface area contributed by atoms with Crippen LogP contribution < -0.4 is 11.5 Å². The zero-order valence-corrected chi connectivity index (χ0v) is 8.72. The first-order valence-electron chi connectivity index (χ1n) is 5.30. The number of nitrogens with two attached hydrogens (primary N) is 2. The fraction of sp³-hybridized carbons (Fsp3) is 0.500. The molecule has 1 aromatic rings. The lowest BCUT2D eigenvalue weighted by atomic mass is 9.95. The number of hydrogen-bond acceptors (Lipinski definition) is 2. The van der Waals surface area contributed by atoms with Crippen molar-refractivity contribution in [2.45, 2.75) is 32.2 Å². The van der Waals surface area contributed by atoms with Crippen LogP contribution in [0.1, 0.15) is 34.7 Å². The van der Waals surface area contributed by atoms with Crippen molar-refractivity contribution in [2.24, 2.45) is 11.5 Å². The zero-order chi connectivity index (χ0) is 10.1. The van der Waals surface area contributed by atoms with Crippen LogP contribution >= 0.6 is 0 Å². The Bertz CT molecular complexity index is 344. The molecule has 0 aromatic heterocycles. The van der Waals surface area contributed by atoms with Crippen LogP contribution in [0.15, 0.2) is 12.1 Å². The highest BCUT2D eigenvalue weighted by atomic mass is 14.7. The minimum Gasteiger partial charge on any atom is -0.329 e. The summed E-state index contributed by atoms with van der Waals surface area (Å²) in [5.74, 6) is 0. The van der Waals surface area contributed by atoms with Crippen LogP contribution in [0.4, 0.5) is 0 Å². The number of hydrogen-bond donors (Lipinski definition) is 2. The monoisotopic (exact) mass is 190 g/mol. The van der Waals surface area contributed by atoms with E-state index in [9.17, 15) is 0 Å². The predicted molar refractivity (Wildman–Crippen MR) is 59.2 cm³/mol. The van der Waals surface area contributed by atoms with E-state index in [1.54, 1.807) is 0 Å². The Morgan fingerprint density at radius 3 is 2.86 bits per heavy atom. The van der Waals surface area contributed by atoms with Gasteiger partial charge in [-0.1, -0.05) is 17.7 Å². The SMILES string of the molecule is Cc1cc2c(c(C(N)CN)c1)CCC2. The van der Waals surface area contributed by atoms with Crippen LogP contribution in [0.2, 0.25) is 0 Å². The molecular weight excluding hydrogens is 172 g/mol. The van der Waals surface area contributed by atoms with Crippen molar-refractivity contribution in [3.63, 3.8) is 0 Å². The van der Waals surface area contributed by atoms with Gasteiger partial charge in [0.05, 0.1) is 0 Å². The van der Waals surface area contributed by atoms with Crippen molar-refractivity contribution >= 4 is 0 Å². The molecule has 0 saturated carbocycles. The van der Waals surface area contributed by atoms with Crippen molar-refractivity contribution in [2.75, 3.05) is 6.54 Å². The molecular formula is C12H18N2. The molecule has 0 spiro atoms. The van der Waals surface area contributed by atoms with Crippen LogP contribution in [-0.2, 0) is 12.8 Å². The van der Waals surface area contributed by atoms with E-state index in [-0.39, 0.29) is 6.04 Å². The average Bonchev–Trinajstić information content (AvgIpc) is 2.62. The number of fused-ring (bicyclic) bond motifs is 1.